The van der Waals surface area contributed by atoms with Crippen molar-refractivity contribution in [2.45, 2.75) is 77.2 Å². The maximum absolute atomic E-state index is 12.5. The first-order valence-corrected chi connectivity index (χ1v) is 8.40. The van der Waals surface area contributed by atoms with Crippen molar-refractivity contribution >= 4 is 11.9 Å². The predicted octanol–water partition coefficient (Wildman–Crippen LogP) is 3.78. The van der Waals surface area contributed by atoms with E-state index in [2.05, 4.69) is 13.8 Å². The second kappa shape index (κ2) is 6.80. The molecule has 2 saturated carbocycles. The van der Waals surface area contributed by atoms with Crippen LogP contribution in [0.3, 0.4) is 0 Å². The number of esters is 1. The lowest BCUT2D eigenvalue weighted by Gasteiger charge is -2.41. The number of carboxylic acids is 1. The fourth-order valence-electron chi connectivity index (χ4n) is 3.86. The van der Waals surface area contributed by atoms with E-state index in [1.807, 2.05) is 0 Å². The van der Waals surface area contributed by atoms with Crippen molar-refractivity contribution in [2.24, 2.45) is 17.8 Å². The summed E-state index contributed by atoms with van der Waals surface area (Å²) in [5.41, 5.74) is -0.314. The van der Waals surface area contributed by atoms with E-state index >= 15 is 0 Å². The predicted molar refractivity (Wildman–Crippen MR) is 79.8 cm³/mol. The molecule has 0 radical (unpaired) electrons. The Morgan fingerprint density at radius 1 is 1.05 bits per heavy atom. The third-order valence-electron chi connectivity index (χ3n) is 5.41. The van der Waals surface area contributed by atoms with Gasteiger partial charge in [-0.15, -0.1) is 0 Å². The van der Waals surface area contributed by atoms with Gasteiger partial charge in [-0.05, 0) is 50.9 Å². The number of rotatable bonds is 4. The molecule has 2 unspecified atom stereocenters. The lowest BCUT2D eigenvalue weighted by atomic mass is 9.76. The van der Waals surface area contributed by atoms with Crippen LogP contribution in [-0.2, 0) is 14.3 Å². The summed E-state index contributed by atoms with van der Waals surface area (Å²) in [4.78, 5) is 23.7. The van der Waals surface area contributed by atoms with Gasteiger partial charge in [0.05, 0.1) is 11.8 Å². The Labute approximate surface area is 127 Å². The van der Waals surface area contributed by atoms with Gasteiger partial charge in [-0.2, -0.15) is 0 Å². The Kier molecular flexibility index (Phi) is 5.28. The third kappa shape index (κ3) is 3.78. The van der Waals surface area contributed by atoms with Crippen LogP contribution in [0.1, 0.15) is 71.6 Å². The molecule has 2 fully saturated rings. The molecule has 2 aliphatic carbocycles. The molecule has 0 heterocycles. The Hall–Kier alpha value is -1.06. The second-order valence-corrected chi connectivity index (χ2v) is 7.10. The molecule has 0 spiro atoms. The standard InChI is InChI=1S/C17H28O4/c1-12(2)17(9-4-3-5-10-17)21-16(20)14-8-6-7-13(11-14)15(18)19/h12-14H,3-11H2,1-2H3,(H,18,19). The number of hydrogen-bond acceptors (Lipinski definition) is 3. The molecule has 0 aromatic rings. The number of aliphatic carboxylic acids is 1. The van der Waals surface area contributed by atoms with E-state index in [1.54, 1.807) is 0 Å². The van der Waals surface area contributed by atoms with Gasteiger partial charge in [0, 0.05) is 0 Å². The summed E-state index contributed by atoms with van der Waals surface area (Å²) in [6.07, 6.45) is 8.08. The number of carbonyl (C=O) groups excluding carboxylic acids is 1. The number of carboxylic acid groups (broad SMARTS) is 1. The monoisotopic (exact) mass is 296 g/mol. The molecule has 1 N–H and O–H groups in total. The summed E-state index contributed by atoms with van der Waals surface area (Å²) >= 11 is 0. The van der Waals surface area contributed by atoms with Crippen molar-refractivity contribution < 1.29 is 19.4 Å². The highest BCUT2D eigenvalue weighted by atomic mass is 16.6. The lowest BCUT2D eigenvalue weighted by molar-refractivity contribution is -0.176. The van der Waals surface area contributed by atoms with Crippen molar-refractivity contribution in [1.29, 1.82) is 0 Å². The Morgan fingerprint density at radius 2 is 1.67 bits per heavy atom. The minimum Gasteiger partial charge on any atom is -0.481 e. The summed E-state index contributed by atoms with van der Waals surface area (Å²) in [6, 6.07) is 0. The lowest BCUT2D eigenvalue weighted by Crippen LogP contribution is -2.44. The number of hydrogen-bond donors (Lipinski definition) is 1. The van der Waals surface area contributed by atoms with Crippen molar-refractivity contribution in [3.63, 3.8) is 0 Å². The van der Waals surface area contributed by atoms with Gasteiger partial charge in [-0.25, -0.2) is 0 Å². The average Bonchev–Trinajstić information content (AvgIpc) is 2.48. The Bertz CT molecular complexity index is 382. The van der Waals surface area contributed by atoms with Crippen LogP contribution in [-0.4, -0.2) is 22.6 Å². The Balaban J connectivity index is 2.00. The highest BCUT2D eigenvalue weighted by Crippen LogP contribution is 2.40. The summed E-state index contributed by atoms with van der Waals surface area (Å²) in [6.45, 7) is 4.25. The fraction of sp³-hybridized carbons (Fsp3) is 0.882. The maximum atomic E-state index is 12.5. The SMILES string of the molecule is CC(C)C1(OC(=O)C2CCCC(C(=O)O)C2)CCCCC1. The van der Waals surface area contributed by atoms with Gasteiger partial charge in [-0.3, -0.25) is 9.59 Å². The highest BCUT2D eigenvalue weighted by Gasteiger charge is 2.41. The first-order valence-electron chi connectivity index (χ1n) is 8.40. The summed E-state index contributed by atoms with van der Waals surface area (Å²) < 4.78 is 5.98. The highest BCUT2D eigenvalue weighted by molar-refractivity contribution is 5.76. The van der Waals surface area contributed by atoms with Gasteiger partial charge in [0.25, 0.3) is 0 Å². The van der Waals surface area contributed by atoms with Crippen LogP contribution in [0.25, 0.3) is 0 Å². The van der Waals surface area contributed by atoms with E-state index in [1.165, 1.54) is 6.42 Å². The number of carbonyl (C=O) groups is 2. The van der Waals surface area contributed by atoms with E-state index in [0.29, 0.717) is 18.8 Å². The quantitative estimate of drug-likeness (QED) is 0.802. The zero-order chi connectivity index (χ0) is 15.5. The molecular weight excluding hydrogens is 268 g/mol. The zero-order valence-electron chi connectivity index (χ0n) is 13.3. The molecular formula is C17H28O4. The Morgan fingerprint density at radius 3 is 2.24 bits per heavy atom. The van der Waals surface area contributed by atoms with Crippen molar-refractivity contribution in [2.75, 3.05) is 0 Å². The molecule has 120 valence electrons. The molecule has 4 nitrogen and oxygen atoms in total. The van der Waals surface area contributed by atoms with Gasteiger partial charge in [0.15, 0.2) is 0 Å². The summed E-state index contributed by atoms with van der Waals surface area (Å²) in [5, 5.41) is 9.15. The normalized spacial score (nSPS) is 29.1. The van der Waals surface area contributed by atoms with E-state index < -0.39 is 5.97 Å². The van der Waals surface area contributed by atoms with Crippen LogP contribution in [0, 0.1) is 17.8 Å². The average molecular weight is 296 g/mol. The second-order valence-electron chi connectivity index (χ2n) is 7.10. The summed E-state index contributed by atoms with van der Waals surface area (Å²) in [7, 11) is 0. The molecule has 2 atom stereocenters. The van der Waals surface area contributed by atoms with E-state index in [4.69, 9.17) is 9.84 Å². The van der Waals surface area contributed by atoms with Crippen LogP contribution in [0.4, 0.5) is 0 Å². The van der Waals surface area contributed by atoms with Crippen molar-refractivity contribution in [3.05, 3.63) is 0 Å². The van der Waals surface area contributed by atoms with E-state index in [-0.39, 0.29) is 23.4 Å². The molecule has 2 rings (SSSR count). The van der Waals surface area contributed by atoms with E-state index in [9.17, 15) is 9.59 Å². The smallest absolute Gasteiger partial charge is 0.309 e. The van der Waals surface area contributed by atoms with Gasteiger partial charge in [-0.1, -0.05) is 26.7 Å². The minimum atomic E-state index is -0.774. The molecule has 0 aliphatic heterocycles. The topological polar surface area (TPSA) is 63.6 Å². The first-order chi connectivity index (χ1) is 9.94. The molecule has 0 bridgehead atoms. The van der Waals surface area contributed by atoms with Crippen LogP contribution in [0.15, 0.2) is 0 Å². The zero-order valence-corrected chi connectivity index (χ0v) is 13.3. The minimum absolute atomic E-state index is 0.156. The van der Waals surface area contributed by atoms with Crippen LogP contribution < -0.4 is 0 Å². The van der Waals surface area contributed by atoms with Crippen molar-refractivity contribution in [1.82, 2.24) is 0 Å². The number of ether oxygens (including phenoxy) is 1. The van der Waals surface area contributed by atoms with Crippen LogP contribution >= 0.6 is 0 Å². The summed E-state index contributed by atoms with van der Waals surface area (Å²) in [5.74, 6) is -1.21. The van der Waals surface area contributed by atoms with Gasteiger partial charge in [0.1, 0.15) is 5.60 Å². The van der Waals surface area contributed by atoms with E-state index in [0.717, 1.165) is 38.5 Å². The molecule has 21 heavy (non-hydrogen) atoms. The molecule has 4 heteroatoms. The molecule has 0 amide bonds. The third-order valence-corrected chi connectivity index (χ3v) is 5.41. The molecule has 2 aliphatic rings. The van der Waals surface area contributed by atoms with Crippen molar-refractivity contribution in [3.8, 4) is 0 Å². The molecule has 0 aromatic carbocycles. The maximum Gasteiger partial charge on any atom is 0.309 e. The first kappa shape index (κ1) is 16.3. The molecule has 0 aromatic heterocycles. The molecule has 0 saturated heterocycles. The van der Waals surface area contributed by atoms with Crippen LogP contribution in [0.2, 0.25) is 0 Å². The van der Waals surface area contributed by atoms with Gasteiger partial charge >= 0.3 is 11.9 Å². The van der Waals surface area contributed by atoms with Crippen LogP contribution in [0.5, 0.6) is 0 Å². The van der Waals surface area contributed by atoms with Gasteiger partial charge < -0.3 is 9.84 Å². The largest absolute Gasteiger partial charge is 0.481 e. The fourth-order valence-corrected chi connectivity index (χ4v) is 3.86. The van der Waals surface area contributed by atoms with Gasteiger partial charge in [0.2, 0.25) is 0 Å².